The van der Waals surface area contributed by atoms with E-state index in [4.69, 9.17) is 4.74 Å². The van der Waals surface area contributed by atoms with Crippen LogP contribution in [-0.4, -0.2) is 65.8 Å². The van der Waals surface area contributed by atoms with Crippen LogP contribution in [0.3, 0.4) is 0 Å². The fraction of sp³-hybridized carbons (Fsp3) is 0.500. The molecule has 11 heteroatoms. The number of rotatable bonds is 7. The van der Waals surface area contributed by atoms with E-state index in [0.29, 0.717) is 18.5 Å². The van der Waals surface area contributed by atoms with Gasteiger partial charge in [-0.15, -0.1) is 0 Å². The molecule has 1 aliphatic rings. The summed E-state index contributed by atoms with van der Waals surface area (Å²) in [5, 5.41) is 24.0. The molecule has 3 N–H and O–H groups in total. The van der Waals surface area contributed by atoms with E-state index >= 15 is 0 Å². The Morgan fingerprint density at radius 1 is 1.14 bits per heavy atom. The molecule has 0 saturated carbocycles. The minimum atomic E-state index is -1.29. The van der Waals surface area contributed by atoms with Gasteiger partial charge >= 0.3 is 5.69 Å². The summed E-state index contributed by atoms with van der Waals surface area (Å²) >= 11 is 0. The van der Waals surface area contributed by atoms with Gasteiger partial charge in [0.15, 0.2) is 5.52 Å². The third-order valence-electron chi connectivity index (χ3n) is 6.55. The third kappa shape index (κ3) is 5.07. The van der Waals surface area contributed by atoms with E-state index in [-0.39, 0.29) is 24.6 Å². The van der Waals surface area contributed by atoms with E-state index in [2.05, 4.69) is 10.3 Å². The van der Waals surface area contributed by atoms with Crippen LogP contribution in [0.4, 0.5) is 0 Å². The molecule has 1 aliphatic heterocycles. The SMILES string of the molecule is Cc1ccc(CCCC(=O)N[C@@H]2CO[C@H](Cn3cnc4c(=O)n(C)c(=O)n(C)c43)[C@@H](O)[C@H]2O)cc1. The maximum absolute atomic E-state index is 12.4. The standard InChI is InChI=1S/C24H31N5O6/c1-14-7-9-15(10-8-14)5-4-6-18(30)26-16-12-35-17(21(32)20(16)31)11-29-13-25-19-22(29)27(2)24(34)28(3)23(19)33/h7-10,13,16-17,20-21,31-32H,4-6,11-12H2,1-3H3,(H,26,30)/t16-,17-,20+,21-/m1/s1. The molecular formula is C24H31N5O6. The maximum Gasteiger partial charge on any atom is 0.332 e. The summed E-state index contributed by atoms with van der Waals surface area (Å²) in [5.41, 5.74) is 1.74. The highest BCUT2D eigenvalue weighted by Crippen LogP contribution is 2.19. The predicted octanol–water partition coefficient (Wildman–Crippen LogP) is -0.630. The lowest BCUT2D eigenvalue weighted by Gasteiger charge is -2.38. The topological polar surface area (TPSA) is 141 Å². The van der Waals surface area contributed by atoms with Crippen molar-refractivity contribution < 1.29 is 19.7 Å². The molecule has 1 saturated heterocycles. The zero-order valence-electron chi connectivity index (χ0n) is 20.0. The number of imidazole rings is 1. The van der Waals surface area contributed by atoms with Crippen molar-refractivity contribution in [2.75, 3.05) is 6.61 Å². The lowest BCUT2D eigenvalue weighted by atomic mass is 9.97. The van der Waals surface area contributed by atoms with Crippen LogP contribution >= 0.6 is 0 Å². The number of hydrogen-bond acceptors (Lipinski definition) is 7. The number of carbonyl (C=O) groups excluding carboxylic acids is 1. The maximum atomic E-state index is 12.4. The third-order valence-corrected chi connectivity index (χ3v) is 6.55. The van der Waals surface area contributed by atoms with E-state index in [0.717, 1.165) is 16.6 Å². The second-order valence-corrected chi connectivity index (χ2v) is 9.14. The van der Waals surface area contributed by atoms with E-state index < -0.39 is 35.6 Å². The molecule has 4 rings (SSSR count). The van der Waals surface area contributed by atoms with Gasteiger partial charge in [0.05, 0.1) is 25.5 Å². The minimum Gasteiger partial charge on any atom is -0.388 e. The van der Waals surface area contributed by atoms with Gasteiger partial charge < -0.3 is 24.8 Å². The van der Waals surface area contributed by atoms with Gasteiger partial charge in [-0.05, 0) is 25.3 Å². The number of fused-ring (bicyclic) bond motifs is 1. The fourth-order valence-corrected chi connectivity index (χ4v) is 4.42. The van der Waals surface area contributed by atoms with Gasteiger partial charge in [0, 0.05) is 20.5 Å². The number of hydrogen-bond donors (Lipinski definition) is 3. The van der Waals surface area contributed by atoms with Crippen molar-refractivity contribution in [3.05, 3.63) is 62.6 Å². The molecule has 0 unspecified atom stereocenters. The summed E-state index contributed by atoms with van der Waals surface area (Å²) < 4.78 is 9.58. The van der Waals surface area contributed by atoms with Gasteiger partial charge in [0.2, 0.25) is 5.91 Å². The van der Waals surface area contributed by atoms with Crippen molar-refractivity contribution in [1.82, 2.24) is 24.0 Å². The van der Waals surface area contributed by atoms with Crippen LogP contribution in [0.5, 0.6) is 0 Å². The zero-order valence-corrected chi connectivity index (χ0v) is 20.0. The zero-order chi connectivity index (χ0) is 25.3. The highest BCUT2D eigenvalue weighted by molar-refractivity contribution is 5.76. The van der Waals surface area contributed by atoms with Crippen molar-refractivity contribution >= 4 is 17.1 Å². The normalized spacial score (nSPS) is 22.4. The van der Waals surface area contributed by atoms with Crippen molar-refractivity contribution in [1.29, 1.82) is 0 Å². The summed E-state index contributed by atoms with van der Waals surface area (Å²) in [7, 11) is 2.91. The first-order valence-corrected chi connectivity index (χ1v) is 11.6. The number of aliphatic hydroxyl groups excluding tert-OH is 2. The van der Waals surface area contributed by atoms with Gasteiger partial charge in [-0.25, -0.2) is 9.78 Å². The minimum absolute atomic E-state index is 0.0138. The van der Waals surface area contributed by atoms with Crippen molar-refractivity contribution in [2.24, 2.45) is 14.1 Å². The molecule has 3 heterocycles. The molecule has 1 aromatic carbocycles. The van der Waals surface area contributed by atoms with E-state index in [9.17, 15) is 24.6 Å². The smallest absolute Gasteiger partial charge is 0.332 e. The molecular weight excluding hydrogens is 454 g/mol. The monoisotopic (exact) mass is 485 g/mol. The Morgan fingerprint density at radius 2 is 1.86 bits per heavy atom. The van der Waals surface area contributed by atoms with Gasteiger partial charge in [-0.1, -0.05) is 29.8 Å². The molecule has 0 spiro atoms. The Labute approximate surface area is 201 Å². The number of nitrogens with zero attached hydrogens (tertiary/aromatic N) is 4. The number of aryl methyl sites for hydroxylation is 3. The quantitative estimate of drug-likeness (QED) is 0.405. The molecule has 1 amide bonds. The van der Waals surface area contributed by atoms with Gasteiger partial charge in [0.1, 0.15) is 24.0 Å². The molecule has 0 bridgehead atoms. The number of benzene rings is 1. The van der Waals surface area contributed by atoms with Crippen LogP contribution in [0.1, 0.15) is 24.0 Å². The summed E-state index contributed by atoms with van der Waals surface area (Å²) in [6.45, 7) is 2.10. The largest absolute Gasteiger partial charge is 0.388 e. The lowest BCUT2D eigenvalue weighted by molar-refractivity contribution is -0.158. The van der Waals surface area contributed by atoms with Gasteiger partial charge in [0.25, 0.3) is 5.56 Å². The average molecular weight is 486 g/mol. The first kappa shape index (κ1) is 24.8. The van der Waals surface area contributed by atoms with Crippen LogP contribution in [0.25, 0.3) is 11.2 Å². The molecule has 1 fully saturated rings. The first-order valence-electron chi connectivity index (χ1n) is 11.6. The van der Waals surface area contributed by atoms with Crippen molar-refractivity contribution in [2.45, 2.75) is 57.1 Å². The summed E-state index contributed by atoms with van der Waals surface area (Å²) in [6, 6.07) is 7.41. The number of aromatic nitrogens is 4. The Hall–Kier alpha value is -3.28. The molecule has 11 nitrogen and oxygen atoms in total. The van der Waals surface area contributed by atoms with Crippen LogP contribution < -0.4 is 16.6 Å². The second kappa shape index (κ2) is 10.1. The average Bonchev–Trinajstić information content (AvgIpc) is 3.26. The molecule has 0 radical (unpaired) electrons. The van der Waals surface area contributed by atoms with Gasteiger partial charge in [-0.2, -0.15) is 0 Å². The highest BCUT2D eigenvalue weighted by Gasteiger charge is 2.39. The molecule has 0 aliphatic carbocycles. The Balaban J connectivity index is 1.35. The van der Waals surface area contributed by atoms with Crippen molar-refractivity contribution in [3.63, 3.8) is 0 Å². The fourth-order valence-electron chi connectivity index (χ4n) is 4.42. The van der Waals surface area contributed by atoms with E-state index in [1.807, 2.05) is 31.2 Å². The molecule has 3 aromatic rings. The second-order valence-electron chi connectivity index (χ2n) is 9.14. The summed E-state index contributed by atoms with van der Waals surface area (Å²) in [6.07, 6.45) is -0.223. The van der Waals surface area contributed by atoms with E-state index in [1.54, 1.807) is 4.57 Å². The molecule has 4 atom stereocenters. The Kier molecular flexibility index (Phi) is 7.20. The predicted molar refractivity (Wildman–Crippen MR) is 128 cm³/mol. The molecule has 35 heavy (non-hydrogen) atoms. The first-order chi connectivity index (χ1) is 16.7. The highest BCUT2D eigenvalue weighted by atomic mass is 16.5. The molecule has 188 valence electrons. The van der Waals surface area contributed by atoms with Crippen LogP contribution in [-0.2, 0) is 36.6 Å². The summed E-state index contributed by atoms with van der Waals surface area (Å²) in [5.74, 6) is -0.220. The van der Waals surface area contributed by atoms with Crippen LogP contribution in [0.15, 0.2) is 40.2 Å². The number of ether oxygens (including phenoxy) is 1. The van der Waals surface area contributed by atoms with Crippen LogP contribution in [0.2, 0.25) is 0 Å². The Morgan fingerprint density at radius 3 is 2.57 bits per heavy atom. The van der Waals surface area contributed by atoms with E-state index in [1.165, 1.54) is 30.6 Å². The number of nitrogens with one attached hydrogen (secondary N) is 1. The van der Waals surface area contributed by atoms with Crippen molar-refractivity contribution in [3.8, 4) is 0 Å². The lowest BCUT2D eigenvalue weighted by Crippen LogP contribution is -2.60. The molecule has 2 aromatic heterocycles. The van der Waals surface area contributed by atoms with Gasteiger partial charge in [-0.3, -0.25) is 18.7 Å². The Bertz CT molecular complexity index is 1330. The number of carbonyl (C=O) groups is 1. The number of aliphatic hydroxyl groups is 2. The summed E-state index contributed by atoms with van der Waals surface area (Å²) in [4.78, 5) is 41.1. The van der Waals surface area contributed by atoms with Crippen LogP contribution in [0, 0.1) is 6.92 Å². The number of amides is 1.